The van der Waals surface area contributed by atoms with Gasteiger partial charge < -0.3 is 21.3 Å². The molecule has 6 heteroatoms. The summed E-state index contributed by atoms with van der Waals surface area (Å²) in [7, 11) is 0. The van der Waals surface area contributed by atoms with Crippen molar-refractivity contribution in [1.82, 2.24) is 5.32 Å². The molecule has 1 amide bonds. The van der Waals surface area contributed by atoms with Crippen LogP contribution in [0.5, 0.6) is 0 Å². The van der Waals surface area contributed by atoms with Gasteiger partial charge in [0.2, 0.25) is 5.91 Å². The lowest BCUT2D eigenvalue weighted by atomic mass is 9.98. The van der Waals surface area contributed by atoms with E-state index in [0.717, 1.165) is 0 Å². The van der Waals surface area contributed by atoms with Crippen molar-refractivity contribution in [3.8, 4) is 6.07 Å². The molecule has 1 aromatic carbocycles. The van der Waals surface area contributed by atoms with Crippen LogP contribution in [0.2, 0.25) is 0 Å². The standard InChI is InChI=1S/C12H15N3O3/c1-7(16)15-6-11(17)12(18)10-4-9(14)3-2-8(10)5-13/h2-4,11-12,17-18H,6,14H2,1H3,(H,15,16). The first kappa shape index (κ1) is 14.0. The zero-order valence-electron chi connectivity index (χ0n) is 9.92. The average molecular weight is 249 g/mol. The minimum atomic E-state index is -1.28. The molecule has 0 aromatic heterocycles. The molecule has 18 heavy (non-hydrogen) atoms. The number of nitrogen functional groups attached to an aromatic ring is 1. The molecular formula is C12H15N3O3. The quantitative estimate of drug-likeness (QED) is 0.545. The fourth-order valence-electron chi connectivity index (χ4n) is 1.49. The van der Waals surface area contributed by atoms with Gasteiger partial charge in [0.1, 0.15) is 12.2 Å². The number of aliphatic hydroxyl groups is 2. The first-order valence-electron chi connectivity index (χ1n) is 5.35. The van der Waals surface area contributed by atoms with Crippen molar-refractivity contribution in [2.45, 2.75) is 19.1 Å². The molecule has 0 spiro atoms. The number of rotatable bonds is 4. The fraction of sp³-hybridized carbons (Fsp3) is 0.333. The second-order valence-electron chi connectivity index (χ2n) is 3.91. The summed E-state index contributed by atoms with van der Waals surface area (Å²) in [6, 6.07) is 6.35. The van der Waals surface area contributed by atoms with Crippen LogP contribution in [-0.4, -0.2) is 28.8 Å². The second kappa shape index (κ2) is 6.00. The molecule has 0 radical (unpaired) electrons. The van der Waals surface area contributed by atoms with E-state index in [1.807, 2.05) is 6.07 Å². The summed E-state index contributed by atoms with van der Waals surface area (Å²) in [6.45, 7) is 1.20. The largest absolute Gasteiger partial charge is 0.399 e. The Morgan fingerprint density at radius 2 is 2.22 bits per heavy atom. The zero-order chi connectivity index (χ0) is 13.7. The number of amides is 1. The number of carbonyl (C=O) groups is 1. The van der Waals surface area contributed by atoms with Gasteiger partial charge in [-0.25, -0.2) is 0 Å². The Kier molecular flexibility index (Phi) is 4.66. The zero-order valence-corrected chi connectivity index (χ0v) is 9.92. The van der Waals surface area contributed by atoms with Gasteiger partial charge in [-0.3, -0.25) is 4.79 Å². The van der Waals surface area contributed by atoms with Crippen molar-refractivity contribution >= 4 is 11.6 Å². The number of nitrogens with one attached hydrogen (secondary N) is 1. The molecule has 5 N–H and O–H groups in total. The molecule has 0 aliphatic rings. The van der Waals surface area contributed by atoms with E-state index in [1.54, 1.807) is 0 Å². The molecule has 0 aliphatic carbocycles. The molecule has 2 atom stereocenters. The first-order chi connectivity index (χ1) is 8.45. The third-order valence-electron chi connectivity index (χ3n) is 2.44. The van der Waals surface area contributed by atoms with Crippen LogP contribution in [0.15, 0.2) is 18.2 Å². The molecule has 1 aromatic rings. The van der Waals surface area contributed by atoms with Gasteiger partial charge in [0.15, 0.2) is 0 Å². The summed E-state index contributed by atoms with van der Waals surface area (Å²) < 4.78 is 0. The Morgan fingerprint density at radius 1 is 1.56 bits per heavy atom. The van der Waals surface area contributed by atoms with Crippen LogP contribution in [0, 0.1) is 11.3 Å². The van der Waals surface area contributed by atoms with Gasteiger partial charge in [-0.2, -0.15) is 5.26 Å². The summed E-state index contributed by atoms with van der Waals surface area (Å²) in [5, 5.41) is 30.9. The highest BCUT2D eigenvalue weighted by Crippen LogP contribution is 2.23. The van der Waals surface area contributed by atoms with E-state index < -0.39 is 12.2 Å². The highest BCUT2D eigenvalue weighted by Gasteiger charge is 2.21. The molecule has 1 rings (SSSR count). The minimum absolute atomic E-state index is 0.101. The van der Waals surface area contributed by atoms with Crippen LogP contribution < -0.4 is 11.1 Å². The number of carbonyl (C=O) groups excluding carboxylic acids is 1. The lowest BCUT2D eigenvalue weighted by Crippen LogP contribution is -2.34. The maximum absolute atomic E-state index is 10.7. The van der Waals surface area contributed by atoms with Crippen LogP contribution in [0.3, 0.4) is 0 Å². The topological polar surface area (TPSA) is 119 Å². The molecule has 0 aliphatic heterocycles. The fourth-order valence-corrected chi connectivity index (χ4v) is 1.49. The highest BCUT2D eigenvalue weighted by atomic mass is 16.3. The molecule has 0 fully saturated rings. The summed E-state index contributed by atoms with van der Waals surface area (Å²) in [4.78, 5) is 10.7. The monoisotopic (exact) mass is 249 g/mol. The van der Waals surface area contributed by atoms with Crippen molar-refractivity contribution in [1.29, 1.82) is 5.26 Å². The van der Waals surface area contributed by atoms with E-state index in [2.05, 4.69) is 5.32 Å². The van der Waals surface area contributed by atoms with Crippen LogP contribution in [0.1, 0.15) is 24.2 Å². The lowest BCUT2D eigenvalue weighted by molar-refractivity contribution is -0.119. The number of nitrogens with zero attached hydrogens (tertiary/aromatic N) is 1. The van der Waals surface area contributed by atoms with E-state index in [9.17, 15) is 15.0 Å². The number of benzene rings is 1. The average Bonchev–Trinajstić information content (AvgIpc) is 2.34. The number of hydrogen-bond donors (Lipinski definition) is 4. The van der Waals surface area contributed by atoms with Gasteiger partial charge in [-0.05, 0) is 18.2 Å². The Labute approximate surface area is 105 Å². The van der Waals surface area contributed by atoms with Gasteiger partial charge in [-0.1, -0.05) is 0 Å². The predicted octanol–water partition coefficient (Wildman–Crippen LogP) is -0.329. The van der Waals surface area contributed by atoms with E-state index in [-0.39, 0.29) is 23.6 Å². The Balaban J connectivity index is 2.89. The molecule has 0 heterocycles. The normalized spacial score (nSPS) is 13.4. The molecule has 2 unspecified atom stereocenters. The summed E-state index contributed by atoms with van der Waals surface area (Å²) >= 11 is 0. The Bertz CT molecular complexity index is 482. The predicted molar refractivity (Wildman–Crippen MR) is 65.2 cm³/mol. The SMILES string of the molecule is CC(=O)NCC(O)C(O)c1cc(N)ccc1C#N. The van der Waals surface area contributed by atoms with Gasteiger partial charge in [-0.15, -0.1) is 0 Å². The van der Waals surface area contributed by atoms with Crippen LogP contribution >= 0.6 is 0 Å². The number of hydrogen-bond acceptors (Lipinski definition) is 5. The number of nitriles is 1. The third-order valence-corrected chi connectivity index (χ3v) is 2.44. The molecule has 6 nitrogen and oxygen atoms in total. The molecule has 0 bridgehead atoms. The Hall–Kier alpha value is -2.10. The number of anilines is 1. The van der Waals surface area contributed by atoms with Gasteiger partial charge in [0.05, 0.1) is 11.6 Å². The number of aliphatic hydroxyl groups excluding tert-OH is 2. The highest BCUT2D eigenvalue weighted by molar-refractivity contribution is 5.72. The van der Waals surface area contributed by atoms with Gasteiger partial charge in [0, 0.05) is 24.7 Å². The third kappa shape index (κ3) is 3.45. The minimum Gasteiger partial charge on any atom is -0.399 e. The van der Waals surface area contributed by atoms with E-state index in [1.165, 1.54) is 25.1 Å². The maximum atomic E-state index is 10.7. The summed E-state index contributed by atoms with van der Waals surface area (Å²) in [6.07, 6.45) is -2.49. The molecule has 0 saturated carbocycles. The smallest absolute Gasteiger partial charge is 0.216 e. The second-order valence-corrected chi connectivity index (χ2v) is 3.91. The molecule has 0 saturated heterocycles. The number of nitrogens with two attached hydrogens (primary N) is 1. The van der Waals surface area contributed by atoms with Crippen LogP contribution in [0.25, 0.3) is 0 Å². The Morgan fingerprint density at radius 3 is 2.78 bits per heavy atom. The van der Waals surface area contributed by atoms with Gasteiger partial charge >= 0.3 is 0 Å². The summed E-state index contributed by atoms with van der Waals surface area (Å²) in [5.41, 5.74) is 6.43. The molecular weight excluding hydrogens is 234 g/mol. The van der Waals surface area contributed by atoms with Gasteiger partial charge in [0.25, 0.3) is 0 Å². The van der Waals surface area contributed by atoms with E-state index in [0.29, 0.717) is 5.69 Å². The first-order valence-corrected chi connectivity index (χ1v) is 5.35. The van der Waals surface area contributed by atoms with Crippen LogP contribution in [0.4, 0.5) is 5.69 Å². The lowest BCUT2D eigenvalue weighted by Gasteiger charge is -2.19. The maximum Gasteiger partial charge on any atom is 0.216 e. The van der Waals surface area contributed by atoms with E-state index in [4.69, 9.17) is 11.0 Å². The van der Waals surface area contributed by atoms with Crippen molar-refractivity contribution in [2.24, 2.45) is 0 Å². The van der Waals surface area contributed by atoms with Crippen molar-refractivity contribution in [3.05, 3.63) is 29.3 Å². The van der Waals surface area contributed by atoms with Crippen LogP contribution in [-0.2, 0) is 4.79 Å². The van der Waals surface area contributed by atoms with Crippen molar-refractivity contribution < 1.29 is 15.0 Å². The van der Waals surface area contributed by atoms with Crippen molar-refractivity contribution in [2.75, 3.05) is 12.3 Å². The summed E-state index contributed by atoms with van der Waals surface area (Å²) in [5.74, 6) is -0.311. The van der Waals surface area contributed by atoms with E-state index >= 15 is 0 Å². The molecule has 96 valence electrons. The van der Waals surface area contributed by atoms with Crippen molar-refractivity contribution in [3.63, 3.8) is 0 Å².